The second-order valence-electron chi connectivity index (χ2n) is 4.42. The van der Waals surface area contributed by atoms with E-state index >= 15 is 0 Å². The molecule has 0 bridgehead atoms. The van der Waals surface area contributed by atoms with Crippen LogP contribution in [0.4, 0.5) is 5.82 Å². The van der Waals surface area contributed by atoms with Crippen LogP contribution in [0.15, 0.2) is 48.8 Å². The van der Waals surface area contributed by atoms with E-state index in [-0.39, 0.29) is 5.91 Å². The fraction of sp³-hybridized carbons (Fsp3) is 0.0667. The van der Waals surface area contributed by atoms with Crippen molar-refractivity contribution in [1.29, 1.82) is 0 Å². The lowest BCUT2D eigenvalue weighted by atomic mass is 10.1. The first-order valence-electron chi connectivity index (χ1n) is 6.04. The fourth-order valence-electron chi connectivity index (χ4n) is 2.01. The summed E-state index contributed by atoms with van der Waals surface area (Å²) in [7, 11) is 0. The van der Waals surface area contributed by atoms with E-state index in [4.69, 9.17) is 0 Å². The van der Waals surface area contributed by atoms with E-state index in [9.17, 15) is 4.79 Å². The summed E-state index contributed by atoms with van der Waals surface area (Å²) in [5.41, 5.74) is 2.65. The quantitative estimate of drug-likeness (QED) is 0.735. The molecule has 4 heteroatoms. The van der Waals surface area contributed by atoms with Gasteiger partial charge in [-0.1, -0.05) is 12.1 Å². The van der Waals surface area contributed by atoms with Crippen LogP contribution in [-0.4, -0.2) is 15.9 Å². The Morgan fingerprint density at radius 2 is 2.11 bits per heavy atom. The molecule has 0 spiro atoms. The number of nitrogens with zero attached hydrogens (tertiary/aromatic N) is 1. The molecule has 0 aliphatic rings. The van der Waals surface area contributed by atoms with Crippen molar-refractivity contribution in [3.63, 3.8) is 0 Å². The molecule has 2 N–H and O–H groups in total. The zero-order valence-corrected chi connectivity index (χ0v) is 10.5. The van der Waals surface area contributed by atoms with Crippen LogP contribution in [0.5, 0.6) is 0 Å². The highest BCUT2D eigenvalue weighted by Gasteiger charge is 2.10. The molecule has 3 aromatic rings. The van der Waals surface area contributed by atoms with Gasteiger partial charge in [0.25, 0.3) is 5.91 Å². The number of anilines is 1. The van der Waals surface area contributed by atoms with Crippen LogP contribution in [0.3, 0.4) is 0 Å². The number of carbonyl (C=O) groups excluding carboxylic acids is 1. The largest absolute Gasteiger partial charge is 0.361 e. The molecule has 2 heterocycles. The Bertz CT molecular complexity index is 728. The number of aromatic amines is 1. The van der Waals surface area contributed by atoms with Gasteiger partial charge in [0.2, 0.25) is 0 Å². The summed E-state index contributed by atoms with van der Waals surface area (Å²) in [4.78, 5) is 19.5. The Kier molecular flexibility index (Phi) is 2.76. The topological polar surface area (TPSA) is 57.8 Å². The van der Waals surface area contributed by atoms with E-state index in [2.05, 4.69) is 15.3 Å². The molecule has 0 fully saturated rings. The van der Waals surface area contributed by atoms with Gasteiger partial charge < -0.3 is 10.3 Å². The summed E-state index contributed by atoms with van der Waals surface area (Å²) >= 11 is 0. The summed E-state index contributed by atoms with van der Waals surface area (Å²) in [6.07, 6.45) is 3.55. The molecule has 1 amide bonds. The third kappa shape index (κ3) is 2.20. The lowest BCUT2D eigenvalue weighted by Crippen LogP contribution is -2.13. The average Bonchev–Trinajstić information content (AvgIpc) is 2.89. The van der Waals surface area contributed by atoms with Gasteiger partial charge in [-0.3, -0.25) is 4.79 Å². The molecule has 94 valence electrons. The summed E-state index contributed by atoms with van der Waals surface area (Å²) < 4.78 is 0. The second kappa shape index (κ2) is 4.57. The molecule has 0 aliphatic heterocycles. The number of aromatic nitrogens is 2. The second-order valence-corrected chi connectivity index (χ2v) is 4.42. The van der Waals surface area contributed by atoms with Crippen LogP contribution >= 0.6 is 0 Å². The first kappa shape index (κ1) is 11.5. The van der Waals surface area contributed by atoms with Crippen LogP contribution in [0.25, 0.3) is 10.9 Å². The maximum Gasteiger partial charge on any atom is 0.257 e. The van der Waals surface area contributed by atoms with E-state index in [0.29, 0.717) is 11.4 Å². The van der Waals surface area contributed by atoms with Gasteiger partial charge in [0.15, 0.2) is 0 Å². The lowest BCUT2D eigenvalue weighted by Gasteiger charge is -2.05. The Labute approximate surface area is 110 Å². The molecule has 0 saturated carbocycles. The van der Waals surface area contributed by atoms with Gasteiger partial charge in [0.1, 0.15) is 5.82 Å². The molecule has 0 aliphatic carbocycles. The van der Waals surface area contributed by atoms with Gasteiger partial charge in [-0.15, -0.1) is 0 Å². The van der Waals surface area contributed by atoms with Crippen molar-refractivity contribution in [3.05, 3.63) is 59.9 Å². The van der Waals surface area contributed by atoms with E-state index in [1.165, 1.54) is 0 Å². The highest BCUT2D eigenvalue weighted by atomic mass is 16.1. The average molecular weight is 251 g/mol. The van der Waals surface area contributed by atoms with Crippen LogP contribution in [-0.2, 0) is 0 Å². The number of amides is 1. The molecule has 0 atom stereocenters. The maximum absolute atomic E-state index is 12.2. The van der Waals surface area contributed by atoms with Gasteiger partial charge >= 0.3 is 0 Å². The molecular formula is C15H13N3O. The fourth-order valence-corrected chi connectivity index (χ4v) is 2.01. The van der Waals surface area contributed by atoms with Gasteiger partial charge in [-0.2, -0.15) is 0 Å². The molecule has 3 rings (SSSR count). The highest BCUT2D eigenvalue weighted by Crippen LogP contribution is 2.18. The minimum absolute atomic E-state index is 0.151. The molecule has 0 saturated heterocycles. The Hall–Kier alpha value is -2.62. The van der Waals surface area contributed by atoms with Crippen molar-refractivity contribution in [2.75, 3.05) is 5.32 Å². The Morgan fingerprint density at radius 3 is 2.89 bits per heavy atom. The van der Waals surface area contributed by atoms with Crippen LogP contribution < -0.4 is 5.32 Å². The molecule has 19 heavy (non-hydrogen) atoms. The number of H-pyrrole nitrogens is 1. The van der Waals surface area contributed by atoms with Gasteiger partial charge in [-0.25, -0.2) is 4.98 Å². The molecule has 0 radical (unpaired) electrons. The Balaban J connectivity index is 1.92. The Morgan fingerprint density at radius 1 is 1.21 bits per heavy atom. The molecule has 2 aromatic heterocycles. The molecule has 4 nitrogen and oxygen atoms in total. The molecule has 0 unspecified atom stereocenters. The first-order valence-corrected chi connectivity index (χ1v) is 6.04. The van der Waals surface area contributed by atoms with E-state index in [1.807, 2.05) is 37.4 Å². The molecular weight excluding hydrogens is 238 g/mol. The normalized spacial score (nSPS) is 10.6. The highest BCUT2D eigenvalue weighted by molar-refractivity contribution is 6.12. The zero-order chi connectivity index (χ0) is 13.2. The number of fused-ring (bicyclic) bond motifs is 1. The maximum atomic E-state index is 12.2. The summed E-state index contributed by atoms with van der Waals surface area (Å²) in [5.74, 6) is 0.407. The number of benzene rings is 1. The van der Waals surface area contributed by atoms with Crippen molar-refractivity contribution in [1.82, 2.24) is 9.97 Å². The van der Waals surface area contributed by atoms with E-state index < -0.39 is 0 Å². The standard InChI is InChI=1S/C15H13N3O/c1-10-5-6-14(17-9-10)18-15(19)12-3-2-4-13-11(12)7-8-16-13/h2-9,16H,1H3,(H,17,18,19). The minimum Gasteiger partial charge on any atom is -0.361 e. The summed E-state index contributed by atoms with van der Waals surface area (Å²) in [5, 5.41) is 3.71. The van der Waals surface area contributed by atoms with Crippen molar-refractivity contribution in [2.45, 2.75) is 6.92 Å². The number of carbonyl (C=O) groups is 1. The predicted octanol–water partition coefficient (Wildman–Crippen LogP) is 3.12. The van der Waals surface area contributed by atoms with Gasteiger partial charge in [0, 0.05) is 28.9 Å². The van der Waals surface area contributed by atoms with Crippen molar-refractivity contribution in [2.24, 2.45) is 0 Å². The van der Waals surface area contributed by atoms with Gasteiger partial charge in [-0.05, 0) is 36.8 Å². The number of rotatable bonds is 2. The smallest absolute Gasteiger partial charge is 0.257 e. The van der Waals surface area contributed by atoms with Crippen LogP contribution in [0.1, 0.15) is 15.9 Å². The summed E-state index contributed by atoms with van der Waals surface area (Å²) in [6.45, 7) is 1.96. The van der Waals surface area contributed by atoms with Gasteiger partial charge in [0.05, 0.1) is 0 Å². The zero-order valence-electron chi connectivity index (χ0n) is 10.5. The molecule has 1 aromatic carbocycles. The van der Waals surface area contributed by atoms with Crippen molar-refractivity contribution >= 4 is 22.6 Å². The van der Waals surface area contributed by atoms with Crippen molar-refractivity contribution in [3.8, 4) is 0 Å². The number of pyridine rings is 1. The van der Waals surface area contributed by atoms with E-state index in [0.717, 1.165) is 16.5 Å². The number of hydrogen-bond donors (Lipinski definition) is 2. The SMILES string of the molecule is Cc1ccc(NC(=O)c2cccc3[nH]ccc23)nc1. The minimum atomic E-state index is -0.151. The van der Waals surface area contributed by atoms with Crippen molar-refractivity contribution < 1.29 is 4.79 Å². The van der Waals surface area contributed by atoms with E-state index in [1.54, 1.807) is 18.3 Å². The summed E-state index contributed by atoms with van der Waals surface area (Å²) in [6, 6.07) is 11.2. The lowest BCUT2D eigenvalue weighted by molar-refractivity contribution is 0.102. The predicted molar refractivity (Wildman–Crippen MR) is 75.2 cm³/mol. The third-order valence-corrected chi connectivity index (χ3v) is 2.99. The van der Waals surface area contributed by atoms with Crippen LogP contribution in [0, 0.1) is 6.92 Å². The monoisotopic (exact) mass is 251 g/mol. The number of nitrogens with one attached hydrogen (secondary N) is 2. The first-order chi connectivity index (χ1) is 9.24. The van der Waals surface area contributed by atoms with Crippen LogP contribution in [0.2, 0.25) is 0 Å². The number of aryl methyl sites for hydroxylation is 1. The number of hydrogen-bond acceptors (Lipinski definition) is 2. The third-order valence-electron chi connectivity index (χ3n) is 2.99.